The Morgan fingerprint density at radius 3 is 2.48 bits per heavy atom. The van der Waals surface area contributed by atoms with Crippen LogP contribution in [0.15, 0.2) is 24.3 Å². The number of aryl methyl sites for hydroxylation is 1. The molecule has 0 saturated heterocycles. The second-order valence-corrected chi connectivity index (χ2v) is 8.13. The highest BCUT2D eigenvalue weighted by atomic mass is 35.5. The van der Waals surface area contributed by atoms with Gasteiger partial charge in [-0.05, 0) is 25.5 Å². The van der Waals surface area contributed by atoms with Crippen LogP contribution in [0.5, 0.6) is 0 Å². The number of hydrogen-bond acceptors (Lipinski definition) is 4. The second-order valence-electron chi connectivity index (χ2n) is 5.71. The maximum absolute atomic E-state index is 11.8. The summed E-state index contributed by atoms with van der Waals surface area (Å²) < 4.78 is 25.2. The molecule has 7 heteroatoms. The van der Waals surface area contributed by atoms with E-state index in [0.29, 0.717) is 36.8 Å². The lowest BCUT2D eigenvalue weighted by Gasteiger charge is -2.22. The molecule has 0 bridgehead atoms. The third kappa shape index (κ3) is 3.61. The summed E-state index contributed by atoms with van der Waals surface area (Å²) >= 11 is 5.96. The van der Waals surface area contributed by atoms with Gasteiger partial charge in [0.25, 0.3) is 0 Å². The van der Waals surface area contributed by atoms with Gasteiger partial charge < -0.3 is 4.55 Å². The summed E-state index contributed by atoms with van der Waals surface area (Å²) in [6, 6.07) is 7.54. The zero-order valence-electron chi connectivity index (χ0n) is 13.1. The zero-order valence-corrected chi connectivity index (χ0v) is 14.7. The fraction of sp³-hybridized carbons (Fsp3) is 0.375. The van der Waals surface area contributed by atoms with Gasteiger partial charge >= 0.3 is 0 Å². The Labute approximate surface area is 142 Å². The first-order chi connectivity index (χ1) is 10.8. The van der Waals surface area contributed by atoms with Crippen LogP contribution >= 0.6 is 11.6 Å². The van der Waals surface area contributed by atoms with E-state index in [1.165, 1.54) is 10.6 Å². The maximum atomic E-state index is 11.8. The number of fused-ring (bicyclic) bond motifs is 1. The molecule has 0 aliphatic carbocycles. The smallest absolute Gasteiger partial charge is 0.126 e. The van der Waals surface area contributed by atoms with Crippen molar-refractivity contribution in [1.82, 2.24) is 14.3 Å². The number of nitrogens with zero attached hydrogens (tertiary/aromatic N) is 3. The molecule has 0 N–H and O–H groups in total. The number of benzene rings is 1. The maximum Gasteiger partial charge on any atom is 0.126 e. The molecule has 1 aliphatic heterocycles. The number of hydrogen-bond donors (Lipinski definition) is 0. The molecule has 1 aromatic heterocycles. The molecule has 0 saturated carbocycles. The monoisotopic (exact) mass is 351 g/mol. The molecule has 5 nitrogen and oxygen atoms in total. The van der Waals surface area contributed by atoms with Crippen LogP contribution in [0.3, 0.4) is 0 Å². The molecule has 2 heterocycles. The van der Waals surface area contributed by atoms with Crippen molar-refractivity contribution in [3.05, 3.63) is 46.4 Å². The lowest BCUT2D eigenvalue weighted by molar-refractivity contribution is 0.368. The van der Waals surface area contributed by atoms with Crippen LogP contribution in [0.25, 0.3) is 11.3 Å². The molecule has 0 amide bonds. The highest BCUT2D eigenvalue weighted by molar-refractivity contribution is 7.94. The van der Waals surface area contributed by atoms with Crippen molar-refractivity contribution >= 4 is 22.0 Å². The molecule has 0 fully saturated rings. The van der Waals surface area contributed by atoms with Gasteiger partial charge in [-0.25, -0.2) is 9.97 Å². The molecule has 1 aromatic carbocycles. The summed E-state index contributed by atoms with van der Waals surface area (Å²) in [6.07, 6.45) is 2.47. The molecular formula is C16H18ClN3O2S. The van der Waals surface area contributed by atoms with Gasteiger partial charge in [-0.2, -0.15) is 0 Å². The Morgan fingerprint density at radius 1 is 1.17 bits per heavy atom. The third-order valence-electron chi connectivity index (χ3n) is 4.00. The van der Waals surface area contributed by atoms with Crippen LogP contribution in [0, 0.1) is 6.92 Å². The minimum atomic E-state index is -3.19. The van der Waals surface area contributed by atoms with E-state index >= 15 is 0 Å². The lowest BCUT2D eigenvalue weighted by Crippen LogP contribution is -2.37. The molecule has 0 spiro atoms. The van der Waals surface area contributed by atoms with Gasteiger partial charge in [-0.3, -0.25) is 0 Å². The van der Waals surface area contributed by atoms with E-state index < -0.39 is 10.4 Å². The molecule has 1 atom stereocenters. The molecule has 1 aliphatic rings. The van der Waals surface area contributed by atoms with Gasteiger partial charge in [0.1, 0.15) is 22.5 Å². The summed E-state index contributed by atoms with van der Waals surface area (Å²) in [5.41, 5.74) is 3.82. The van der Waals surface area contributed by atoms with E-state index in [1.54, 1.807) is 0 Å². The van der Waals surface area contributed by atoms with Gasteiger partial charge in [0, 0.05) is 41.4 Å². The first-order valence-corrected chi connectivity index (χ1v) is 9.64. The van der Waals surface area contributed by atoms with Crippen molar-refractivity contribution in [3.63, 3.8) is 0 Å². The minimum Gasteiger partial charge on any atom is -0.598 e. The Morgan fingerprint density at radius 2 is 1.83 bits per heavy atom. The molecule has 0 radical (unpaired) electrons. The van der Waals surface area contributed by atoms with Gasteiger partial charge in [-0.15, -0.1) is 4.31 Å². The van der Waals surface area contributed by atoms with Crippen LogP contribution in [-0.4, -0.2) is 38.2 Å². The van der Waals surface area contributed by atoms with Crippen LogP contribution in [0.1, 0.15) is 17.1 Å². The average molecular weight is 352 g/mol. The molecule has 23 heavy (non-hydrogen) atoms. The van der Waals surface area contributed by atoms with Crippen molar-refractivity contribution in [2.75, 3.05) is 19.3 Å². The first-order valence-electron chi connectivity index (χ1n) is 7.42. The number of halogens is 1. The predicted molar refractivity (Wildman–Crippen MR) is 90.9 cm³/mol. The minimum absolute atomic E-state index is 0.457. The molecule has 3 rings (SSSR count). The molecule has 122 valence electrons. The van der Waals surface area contributed by atoms with Crippen molar-refractivity contribution < 1.29 is 8.76 Å². The topological polar surface area (TPSA) is 69.2 Å². The van der Waals surface area contributed by atoms with Crippen LogP contribution in [0.4, 0.5) is 0 Å². The SMILES string of the molecule is Cc1nc2c(c(-c3ccc(Cl)cc3)n1)CCN([S+](C)(=O)[O-])CC2. The van der Waals surface area contributed by atoms with Crippen molar-refractivity contribution in [3.8, 4) is 11.3 Å². The van der Waals surface area contributed by atoms with Crippen LogP contribution < -0.4 is 0 Å². The first kappa shape index (κ1) is 16.5. The van der Waals surface area contributed by atoms with Gasteiger partial charge in [-0.1, -0.05) is 27.9 Å². The Kier molecular flexibility index (Phi) is 4.51. The van der Waals surface area contributed by atoms with Gasteiger partial charge in [0.05, 0.1) is 5.69 Å². The van der Waals surface area contributed by atoms with Crippen LogP contribution in [0.2, 0.25) is 5.02 Å². The highest BCUT2D eigenvalue weighted by Gasteiger charge is 2.27. The van der Waals surface area contributed by atoms with Crippen LogP contribution in [-0.2, 0) is 27.5 Å². The molecular weight excluding hydrogens is 334 g/mol. The zero-order chi connectivity index (χ0) is 16.6. The summed E-state index contributed by atoms with van der Waals surface area (Å²) in [5, 5.41) is 0.675. The Balaban J connectivity index is 2.03. The summed E-state index contributed by atoms with van der Waals surface area (Å²) in [4.78, 5) is 9.13. The standard InChI is InChI=1S/C16H18ClN3O2S/c1-11-18-15-8-10-20(23(2,21)22)9-7-14(15)16(19-11)12-3-5-13(17)6-4-12/h3-6H,7-10H2,1-2H3. The number of aromatic nitrogens is 2. The lowest BCUT2D eigenvalue weighted by atomic mass is 10.0. The largest absolute Gasteiger partial charge is 0.598 e. The Hall–Kier alpha value is -1.34. The molecule has 1 unspecified atom stereocenters. The third-order valence-corrected chi connectivity index (χ3v) is 5.56. The van der Waals surface area contributed by atoms with Crippen molar-refractivity contribution in [1.29, 1.82) is 0 Å². The summed E-state index contributed by atoms with van der Waals surface area (Å²) in [6.45, 7) is 2.78. The van der Waals surface area contributed by atoms with E-state index in [2.05, 4.69) is 9.97 Å². The fourth-order valence-corrected chi connectivity index (χ4v) is 3.85. The highest BCUT2D eigenvalue weighted by Crippen LogP contribution is 2.28. The van der Waals surface area contributed by atoms with Gasteiger partial charge in [0.2, 0.25) is 0 Å². The number of sulfonamides is 1. The Bertz CT molecular complexity index is 774. The quantitative estimate of drug-likeness (QED) is 0.780. The van der Waals surface area contributed by atoms with E-state index in [0.717, 1.165) is 22.5 Å². The van der Waals surface area contributed by atoms with E-state index in [-0.39, 0.29) is 0 Å². The van der Waals surface area contributed by atoms with Gasteiger partial charge in [0.15, 0.2) is 0 Å². The fourth-order valence-electron chi connectivity index (χ4n) is 2.88. The predicted octanol–water partition coefficient (Wildman–Crippen LogP) is 2.68. The molecule has 2 aromatic rings. The van der Waals surface area contributed by atoms with E-state index in [1.807, 2.05) is 31.2 Å². The van der Waals surface area contributed by atoms with Crippen molar-refractivity contribution in [2.45, 2.75) is 19.8 Å². The second kappa shape index (κ2) is 6.28. The summed E-state index contributed by atoms with van der Waals surface area (Å²) in [5.74, 6) is 0.696. The normalized spacial score (nSPS) is 18.1. The average Bonchev–Trinajstić information content (AvgIpc) is 2.69. The van der Waals surface area contributed by atoms with E-state index in [4.69, 9.17) is 11.6 Å². The summed E-state index contributed by atoms with van der Waals surface area (Å²) in [7, 11) is -3.19. The van der Waals surface area contributed by atoms with E-state index in [9.17, 15) is 8.76 Å². The van der Waals surface area contributed by atoms with Crippen molar-refractivity contribution in [2.24, 2.45) is 0 Å². The number of rotatable bonds is 2.